The molecule has 1 saturated heterocycles. The average molecular weight is 249 g/mol. The highest BCUT2D eigenvalue weighted by Crippen LogP contribution is 2.22. The normalized spacial score (nSPS) is 19.4. The minimum absolute atomic E-state index is 0.0163. The van der Waals surface area contributed by atoms with Crippen LogP contribution in [0.3, 0.4) is 0 Å². The molecule has 1 fully saturated rings. The third-order valence-electron chi connectivity index (χ3n) is 3.17. The standard InChI is InChI=1S/C13H15NO4/c15-13(11-5-3-7-18-9-11)8-10-4-1-2-6-12(10)14(16)17/h1-2,4,6,11H,3,5,7-9H2. The van der Waals surface area contributed by atoms with Crippen LogP contribution in [0, 0.1) is 16.0 Å². The zero-order chi connectivity index (χ0) is 13.0. The fourth-order valence-electron chi connectivity index (χ4n) is 2.17. The van der Waals surface area contributed by atoms with Gasteiger partial charge in [-0.25, -0.2) is 0 Å². The van der Waals surface area contributed by atoms with Crippen LogP contribution in [0.4, 0.5) is 5.69 Å². The predicted molar refractivity (Wildman–Crippen MR) is 65.4 cm³/mol. The number of para-hydroxylation sites is 1. The minimum atomic E-state index is -0.444. The Balaban J connectivity index is 2.08. The van der Waals surface area contributed by atoms with Crippen molar-refractivity contribution >= 4 is 11.5 Å². The summed E-state index contributed by atoms with van der Waals surface area (Å²) in [6, 6.07) is 6.39. The molecule has 1 unspecified atom stereocenters. The maximum absolute atomic E-state index is 12.0. The number of hydrogen-bond donors (Lipinski definition) is 0. The number of nitro benzene ring substituents is 1. The van der Waals surface area contributed by atoms with Crippen LogP contribution in [0.5, 0.6) is 0 Å². The van der Waals surface area contributed by atoms with Crippen LogP contribution in [0.2, 0.25) is 0 Å². The number of nitrogens with zero attached hydrogens (tertiary/aromatic N) is 1. The molecular weight excluding hydrogens is 234 g/mol. The Kier molecular flexibility index (Phi) is 4.04. The third-order valence-corrected chi connectivity index (χ3v) is 3.17. The van der Waals surface area contributed by atoms with Gasteiger partial charge in [-0.3, -0.25) is 14.9 Å². The van der Waals surface area contributed by atoms with E-state index >= 15 is 0 Å². The Hall–Kier alpha value is -1.75. The maximum Gasteiger partial charge on any atom is 0.273 e. The van der Waals surface area contributed by atoms with Crippen molar-refractivity contribution in [3.05, 3.63) is 39.9 Å². The number of Topliss-reactive ketones (excluding diaryl/α,β-unsaturated/α-hetero) is 1. The molecule has 1 aliphatic heterocycles. The molecule has 1 aromatic rings. The van der Waals surface area contributed by atoms with Gasteiger partial charge in [0.1, 0.15) is 5.78 Å². The smallest absolute Gasteiger partial charge is 0.273 e. The molecule has 1 aliphatic rings. The van der Waals surface area contributed by atoms with E-state index in [4.69, 9.17) is 4.74 Å². The molecule has 0 aromatic heterocycles. The van der Waals surface area contributed by atoms with Gasteiger partial charge in [0.2, 0.25) is 0 Å². The number of nitro groups is 1. The molecule has 18 heavy (non-hydrogen) atoms. The highest BCUT2D eigenvalue weighted by atomic mass is 16.6. The first-order valence-corrected chi connectivity index (χ1v) is 6.01. The summed E-state index contributed by atoms with van der Waals surface area (Å²) >= 11 is 0. The Bertz CT molecular complexity index is 452. The van der Waals surface area contributed by atoms with Gasteiger partial charge < -0.3 is 4.74 Å². The van der Waals surface area contributed by atoms with Gasteiger partial charge in [-0.05, 0) is 12.8 Å². The van der Waals surface area contributed by atoms with Crippen LogP contribution < -0.4 is 0 Å². The van der Waals surface area contributed by atoms with Gasteiger partial charge in [-0.2, -0.15) is 0 Å². The second-order valence-corrected chi connectivity index (χ2v) is 4.44. The molecular formula is C13H15NO4. The minimum Gasteiger partial charge on any atom is -0.381 e. The highest BCUT2D eigenvalue weighted by Gasteiger charge is 2.24. The van der Waals surface area contributed by atoms with Gasteiger partial charge in [-0.1, -0.05) is 18.2 Å². The molecule has 0 saturated carbocycles. The van der Waals surface area contributed by atoms with Crippen molar-refractivity contribution in [3.63, 3.8) is 0 Å². The fourth-order valence-corrected chi connectivity index (χ4v) is 2.17. The van der Waals surface area contributed by atoms with E-state index in [0.29, 0.717) is 18.8 Å². The van der Waals surface area contributed by atoms with E-state index in [-0.39, 0.29) is 23.8 Å². The van der Waals surface area contributed by atoms with Crippen LogP contribution in [0.15, 0.2) is 24.3 Å². The zero-order valence-electron chi connectivity index (χ0n) is 10.0. The molecule has 0 aliphatic carbocycles. The Labute approximate surface area is 105 Å². The van der Waals surface area contributed by atoms with E-state index in [1.165, 1.54) is 6.07 Å². The maximum atomic E-state index is 12.0. The lowest BCUT2D eigenvalue weighted by Gasteiger charge is -2.20. The molecule has 0 amide bonds. The predicted octanol–water partition coefficient (Wildman–Crippen LogP) is 2.13. The van der Waals surface area contributed by atoms with Gasteiger partial charge in [0.05, 0.1) is 11.5 Å². The summed E-state index contributed by atoms with van der Waals surface area (Å²) in [6.45, 7) is 1.15. The number of ether oxygens (including phenoxy) is 1. The number of ketones is 1. The third kappa shape index (κ3) is 2.92. The number of carbonyl (C=O) groups is 1. The molecule has 0 N–H and O–H groups in total. The van der Waals surface area contributed by atoms with E-state index in [2.05, 4.69) is 0 Å². The first-order valence-electron chi connectivity index (χ1n) is 6.01. The van der Waals surface area contributed by atoms with Crippen LogP contribution >= 0.6 is 0 Å². The van der Waals surface area contributed by atoms with Crippen molar-refractivity contribution in [2.45, 2.75) is 19.3 Å². The zero-order valence-corrected chi connectivity index (χ0v) is 10.0. The molecule has 0 spiro atoms. The van der Waals surface area contributed by atoms with Crippen molar-refractivity contribution in [3.8, 4) is 0 Å². The van der Waals surface area contributed by atoms with Gasteiger partial charge >= 0.3 is 0 Å². The second kappa shape index (κ2) is 5.73. The van der Waals surface area contributed by atoms with E-state index in [9.17, 15) is 14.9 Å². The molecule has 5 heteroatoms. The first-order chi connectivity index (χ1) is 8.68. The van der Waals surface area contributed by atoms with Crippen LogP contribution in [-0.2, 0) is 16.0 Å². The number of carbonyl (C=O) groups excluding carboxylic acids is 1. The van der Waals surface area contributed by atoms with E-state index in [0.717, 1.165) is 12.8 Å². The molecule has 5 nitrogen and oxygen atoms in total. The van der Waals surface area contributed by atoms with Gasteiger partial charge in [0, 0.05) is 30.6 Å². The summed E-state index contributed by atoms with van der Waals surface area (Å²) in [7, 11) is 0. The van der Waals surface area contributed by atoms with Crippen molar-refractivity contribution < 1.29 is 14.5 Å². The van der Waals surface area contributed by atoms with Gasteiger partial charge in [-0.15, -0.1) is 0 Å². The van der Waals surface area contributed by atoms with Gasteiger partial charge in [0.15, 0.2) is 0 Å². The van der Waals surface area contributed by atoms with E-state index in [1.807, 2.05) is 0 Å². The summed E-state index contributed by atoms with van der Waals surface area (Å²) in [5.41, 5.74) is 0.501. The quantitative estimate of drug-likeness (QED) is 0.605. The highest BCUT2D eigenvalue weighted by molar-refractivity contribution is 5.84. The lowest BCUT2D eigenvalue weighted by atomic mass is 9.92. The second-order valence-electron chi connectivity index (χ2n) is 4.44. The lowest BCUT2D eigenvalue weighted by Crippen LogP contribution is -2.26. The van der Waals surface area contributed by atoms with Crippen molar-refractivity contribution in [2.24, 2.45) is 5.92 Å². The van der Waals surface area contributed by atoms with Gasteiger partial charge in [0.25, 0.3) is 5.69 Å². The Morgan fingerprint density at radius 3 is 2.89 bits per heavy atom. The fraction of sp³-hybridized carbons (Fsp3) is 0.462. The molecule has 1 heterocycles. The molecule has 1 aromatic carbocycles. The number of rotatable bonds is 4. The average Bonchev–Trinajstić information content (AvgIpc) is 2.40. The summed E-state index contributed by atoms with van der Waals surface area (Å²) in [5, 5.41) is 10.8. The lowest BCUT2D eigenvalue weighted by molar-refractivity contribution is -0.385. The number of hydrogen-bond acceptors (Lipinski definition) is 4. The summed E-state index contributed by atoms with van der Waals surface area (Å²) in [5.74, 6) is -0.0810. The summed E-state index contributed by atoms with van der Waals surface area (Å²) in [6.07, 6.45) is 1.82. The Morgan fingerprint density at radius 2 is 2.22 bits per heavy atom. The monoisotopic (exact) mass is 249 g/mol. The van der Waals surface area contributed by atoms with E-state index in [1.54, 1.807) is 18.2 Å². The van der Waals surface area contributed by atoms with Crippen molar-refractivity contribution in [2.75, 3.05) is 13.2 Å². The topological polar surface area (TPSA) is 69.4 Å². The van der Waals surface area contributed by atoms with Crippen LogP contribution in [0.1, 0.15) is 18.4 Å². The van der Waals surface area contributed by atoms with Crippen LogP contribution in [-0.4, -0.2) is 23.9 Å². The van der Waals surface area contributed by atoms with Crippen LogP contribution in [0.25, 0.3) is 0 Å². The first kappa shape index (κ1) is 12.7. The molecule has 2 rings (SSSR count). The largest absolute Gasteiger partial charge is 0.381 e. The summed E-state index contributed by atoms with van der Waals surface area (Å²) in [4.78, 5) is 22.4. The Morgan fingerprint density at radius 1 is 1.44 bits per heavy atom. The number of benzene rings is 1. The molecule has 0 radical (unpaired) electrons. The molecule has 96 valence electrons. The van der Waals surface area contributed by atoms with Crippen molar-refractivity contribution in [1.29, 1.82) is 0 Å². The van der Waals surface area contributed by atoms with Crippen molar-refractivity contribution in [1.82, 2.24) is 0 Å². The summed E-state index contributed by atoms with van der Waals surface area (Å²) < 4.78 is 5.26. The molecule has 1 atom stereocenters. The SMILES string of the molecule is O=C(Cc1ccccc1[N+](=O)[O-])C1CCCOC1. The molecule has 0 bridgehead atoms. The van der Waals surface area contributed by atoms with E-state index < -0.39 is 4.92 Å².